The van der Waals surface area contributed by atoms with E-state index in [1.807, 2.05) is 0 Å². The third-order valence-electron chi connectivity index (χ3n) is 5.03. The van der Waals surface area contributed by atoms with Crippen molar-refractivity contribution in [3.05, 3.63) is 74.9 Å². The Morgan fingerprint density at radius 3 is 2.50 bits per heavy atom. The molecule has 13 nitrogen and oxygen atoms in total. The lowest BCUT2D eigenvalue weighted by atomic mass is 10.2. The van der Waals surface area contributed by atoms with Crippen LogP contribution in [0.25, 0.3) is 16.7 Å². The maximum Gasteiger partial charge on any atom is 0.412 e. The van der Waals surface area contributed by atoms with Crippen molar-refractivity contribution < 1.29 is 28.7 Å². The van der Waals surface area contributed by atoms with E-state index in [-0.39, 0.29) is 53.8 Å². The van der Waals surface area contributed by atoms with Crippen molar-refractivity contribution in [1.82, 2.24) is 19.5 Å². The molecule has 0 spiro atoms. The highest BCUT2D eigenvalue weighted by Crippen LogP contribution is 2.30. The van der Waals surface area contributed by atoms with Gasteiger partial charge in [-0.2, -0.15) is 0 Å². The molecular weight excluding hydrogens is 564 g/mol. The van der Waals surface area contributed by atoms with Crippen LogP contribution >= 0.6 is 15.9 Å². The summed E-state index contributed by atoms with van der Waals surface area (Å²) in [5, 5.41) is 14.5. The zero-order chi connectivity index (χ0) is 27.2. The number of aromatic nitrogens is 4. The van der Waals surface area contributed by atoms with E-state index in [0.29, 0.717) is 11.4 Å². The van der Waals surface area contributed by atoms with Crippen LogP contribution < -0.4 is 10.1 Å². The fourth-order valence-electron chi connectivity index (χ4n) is 3.38. The standard InChI is InChI=1S/C24H21BrN6O7/c1-3-36-22-21(23(32)37-4-2)28-17-9-19(20(31(34)35)10-18(17)29-22)30-11-16(26-13-30)12-38-24(33)27-15-7-5-14(25)6-8-15/h5-11,13H,3-4,12H2,1-2H3,(H,27,33). The Hall–Kier alpha value is -4.59. The number of nitrogens with zero attached hydrogens (tertiary/aromatic N) is 5. The third kappa shape index (κ3) is 6.03. The lowest BCUT2D eigenvalue weighted by molar-refractivity contribution is -0.384. The minimum atomic E-state index is -0.728. The molecule has 0 unspecified atom stereocenters. The quantitative estimate of drug-likeness (QED) is 0.164. The van der Waals surface area contributed by atoms with E-state index in [1.165, 1.54) is 29.2 Å². The van der Waals surface area contributed by atoms with Crippen LogP contribution in [-0.2, 0) is 16.1 Å². The molecule has 1 N–H and O–H groups in total. The van der Waals surface area contributed by atoms with Gasteiger partial charge in [0.05, 0.1) is 41.2 Å². The second kappa shape index (κ2) is 11.6. The number of nitro groups is 1. The first-order valence-corrected chi connectivity index (χ1v) is 12.1. The summed E-state index contributed by atoms with van der Waals surface area (Å²) in [5.74, 6) is -0.808. The van der Waals surface area contributed by atoms with Crippen molar-refractivity contribution in [3.63, 3.8) is 0 Å². The van der Waals surface area contributed by atoms with Crippen LogP contribution in [0.2, 0.25) is 0 Å². The minimum absolute atomic E-state index is 0.0797. The summed E-state index contributed by atoms with van der Waals surface area (Å²) in [6.07, 6.45) is 2.13. The van der Waals surface area contributed by atoms with E-state index in [2.05, 4.69) is 36.2 Å². The fourth-order valence-corrected chi connectivity index (χ4v) is 3.65. The monoisotopic (exact) mass is 584 g/mol. The summed E-state index contributed by atoms with van der Waals surface area (Å²) in [5.41, 5.74) is 0.951. The number of nitro benzene ring substituents is 1. The molecule has 2 aromatic heterocycles. The highest BCUT2D eigenvalue weighted by molar-refractivity contribution is 9.10. The predicted octanol–water partition coefficient (Wildman–Crippen LogP) is 4.81. The fraction of sp³-hybridized carbons (Fsp3) is 0.208. The SMILES string of the molecule is CCOC(=O)c1nc2cc(-n3cnc(COC(=O)Nc4ccc(Br)cc4)c3)c([N+](=O)[O-])cc2nc1OCC. The van der Waals surface area contributed by atoms with Gasteiger partial charge in [0.1, 0.15) is 12.3 Å². The van der Waals surface area contributed by atoms with Crippen LogP contribution in [0.4, 0.5) is 16.2 Å². The van der Waals surface area contributed by atoms with Gasteiger partial charge in [0.25, 0.3) is 5.69 Å². The van der Waals surface area contributed by atoms with Crippen LogP contribution in [0.15, 0.2) is 53.4 Å². The molecule has 4 rings (SSSR count). The molecule has 0 aliphatic rings. The summed E-state index contributed by atoms with van der Waals surface area (Å²) < 4.78 is 17.9. The van der Waals surface area contributed by atoms with Crippen molar-refractivity contribution in [1.29, 1.82) is 0 Å². The highest BCUT2D eigenvalue weighted by atomic mass is 79.9. The van der Waals surface area contributed by atoms with Gasteiger partial charge in [0.15, 0.2) is 0 Å². The highest BCUT2D eigenvalue weighted by Gasteiger charge is 2.23. The topological polar surface area (TPSA) is 161 Å². The Bertz CT molecular complexity index is 1510. The smallest absolute Gasteiger partial charge is 0.412 e. The molecule has 14 heteroatoms. The van der Waals surface area contributed by atoms with Crippen LogP contribution in [0, 0.1) is 10.1 Å². The number of esters is 1. The van der Waals surface area contributed by atoms with Crippen molar-refractivity contribution in [3.8, 4) is 11.6 Å². The van der Waals surface area contributed by atoms with E-state index in [0.717, 1.165) is 4.47 Å². The molecule has 0 bridgehead atoms. The molecule has 38 heavy (non-hydrogen) atoms. The Kier molecular flexibility index (Phi) is 8.11. The van der Waals surface area contributed by atoms with Gasteiger partial charge in [-0.3, -0.25) is 20.0 Å². The molecule has 196 valence electrons. The molecule has 2 heterocycles. The molecule has 0 saturated heterocycles. The summed E-state index contributed by atoms with van der Waals surface area (Å²) in [7, 11) is 0. The van der Waals surface area contributed by atoms with Gasteiger partial charge >= 0.3 is 12.1 Å². The molecule has 4 aromatic rings. The Labute approximate surface area is 224 Å². The van der Waals surface area contributed by atoms with Gasteiger partial charge in [-0.25, -0.2) is 24.5 Å². The number of nitrogens with one attached hydrogen (secondary N) is 1. The normalized spacial score (nSPS) is 10.7. The van der Waals surface area contributed by atoms with Crippen molar-refractivity contribution >= 4 is 50.4 Å². The van der Waals surface area contributed by atoms with Crippen LogP contribution in [0.1, 0.15) is 30.0 Å². The van der Waals surface area contributed by atoms with Crippen molar-refractivity contribution in [2.45, 2.75) is 20.5 Å². The summed E-state index contributed by atoms with van der Waals surface area (Å²) in [6.45, 7) is 3.50. The predicted molar refractivity (Wildman–Crippen MR) is 138 cm³/mol. The van der Waals surface area contributed by atoms with Crippen molar-refractivity contribution in [2.75, 3.05) is 18.5 Å². The summed E-state index contributed by atoms with van der Waals surface area (Å²) in [4.78, 5) is 48.5. The number of ether oxygens (including phenoxy) is 3. The number of benzene rings is 2. The lowest BCUT2D eigenvalue weighted by Gasteiger charge is -2.10. The second-order valence-corrected chi connectivity index (χ2v) is 8.51. The minimum Gasteiger partial charge on any atom is -0.476 e. The average Bonchev–Trinajstić information content (AvgIpc) is 3.37. The Balaban J connectivity index is 1.61. The Morgan fingerprint density at radius 1 is 1.08 bits per heavy atom. The zero-order valence-corrected chi connectivity index (χ0v) is 21.8. The van der Waals surface area contributed by atoms with Gasteiger partial charge in [0, 0.05) is 22.4 Å². The number of halogens is 1. The number of carbonyl (C=O) groups excluding carboxylic acids is 2. The number of rotatable bonds is 9. The van der Waals surface area contributed by atoms with E-state index < -0.39 is 17.0 Å². The molecule has 2 aromatic carbocycles. The summed E-state index contributed by atoms with van der Waals surface area (Å²) >= 11 is 3.32. The average molecular weight is 585 g/mol. The first kappa shape index (κ1) is 26.5. The zero-order valence-electron chi connectivity index (χ0n) is 20.2. The number of hydrogen-bond donors (Lipinski definition) is 1. The van der Waals surface area contributed by atoms with Crippen LogP contribution in [0.5, 0.6) is 5.88 Å². The molecule has 0 fully saturated rings. The van der Waals surface area contributed by atoms with Gasteiger partial charge in [-0.05, 0) is 44.2 Å². The first-order chi connectivity index (χ1) is 18.3. The van der Waals surface area contributed by atoms with Crippen molar-refractivity contribution in [2.24, 2.45) is 0 Å². The van der Waals surface area contributed by atoms with E-state index in [9.17, 15) is 19.7 Å². The van der Waals surface area contributed by atoms with E-state index in [4.69, 9.17) is 14.2 Å². The van der Waals surface area contributed by atoms with Gasteiger partial charge in [0.2, 0.25) is 11.6 Å². The number of anilines is 1. The van der Waals surface area contributed by atoms with Crippen LogP contribution in [0.3, 0.4) is 0 Å². The molecule has 0 saturated carbocycles. The van der Waals surface area contributed by atoms with Crippen LogP contribution in [-0.4, -0.2) is 49.7 Å². The van der Waals surface area contributed by atoms with Gasteiger partial charge < -0.3 is 14.2 Å². The first-order valence-electron chi connectivity index (χ1n) is 11.3. The Morgan fingerprint density at radius 2 is 1.82 bits per heavy atom. The van der Waals surface area contributed by atoms with E-state index in [1.54, 1.807) is 38.1 Å². The third-order valence-corrected chi connectivity index (χ3v) is 5.56. The summed E-state index contributed by atoms with van der Waals surface area (Å²) in [6, 6.07) is 9.58. The number of amides is 1. The molecule has 0 aliphatic carbocycles. The molecule has 0 radical (unpaired) electrons. The van der Waals surface area contributed by atoms with Gasteiger partial charge in [-0.1, -0.05) is 15.9 Å². The maximum atomic E-state index is 12.4. The lowest BCUT2D eigenvalue weighted by Crippen LogP contribution is -2.13. The number of hydrogen-bond acceptors (Lipinski definition) is 10. The number of carbonyl (C=O) groups is 2. The largest absolute Gasteiger partial charge is 0.476 e. The van der Waals surface area contributed by atoms with Gasteiger partial charge in [-0.15, -0.1) is 0 Å². The number of fused-ring (bicyclic) bond motifs is 1. The maximum absolute atomic E-state index is 12.4. The molecule has 0 aliphatic heterocycles. The molecular formula is C24H21BrN6O7. The molecule has 0 atom stereocenters. The van der Waals surface area contributed by atoms with E-state index >= 15 is 0 Å². The second-order valence-electron chi connectivity index (χ2n) is 7.60. The molecule has 1 amide bonds. The number of imidazole rings is 1.